The van der Waals surface area contributed by atoms with Gasteiger partial charge in [0.2, 0.25) is 0 Å². The molecule has 1 nitrogen and oxygen atoms in total. The summed E-state index contributed by atoms with van der Waals surface area (Å²) in [4.78, 5) is 0. The van der Waals surface area contributed by atoms with Crippen LogP contribution in [0.4, 0.5) is 0 Å². The van der Waals surface area contributed by atoms with Crippen LogP contribution in [0.25, 0.3) is 0 Å². The predicted molar refractivity (Wildman–Crippen MR) is 39.8 cm³/mol. The number of hydrogen-bond acceptors (Lipinski definition) is 2. The van der Waals surface area contributed by atoms with Crippen LogP contribution in [0.2, 0.25) is 5.82 Å². The summed E-state index contributed by atoms with van der Waals surface area (Å²) in [6, 6.07) is 0. The average molecular weight is 128 g/mol. The van der Waals surface area contributed by atoms with Crippen molar-refractivity contribution in [2.75, 3.05) is 6.26 Å². The fraction of sp³-hybridized carbons (Fsp3) is 0.600. The van der Waals surface area contributed by atoms with Crippen molar-refractivity contribution in [2.45, 2.75) is 11.3 Å². The maximum atomic E-state index is 5.20. The molecule has 1 aliphatic rings. The minimum Gasteiger partial charge on any atom is -0.488 e. The first-order valence-electron chi connectivity index (χ1n) is 2.69. The zero-order chi connectivity index (χ0) is 5.98. The van der Waals surface area contributed by atoms with E-state index in [2.05, 4.69) is 20.2 Å². The van der Waals surface area contributed by atoms with Crippen LogP contribution in [-0.2, 0) is 4.74 Å². The molecule has 0 aromatic rings. The molecule has 3 heteroatoms. The molecule has 0 N–H and O–H groups in total. The molecule has 1 aliphatic heterocycles. The summed E-state index contributed by atoms with van der Waals surface area (Å²) in [5, 5.41) is 0. The second-order valence-corrected chi connectivity index (χ2v) is 2.86. The van der Waals surface area contributed by atoms with E-state index in [0.29, 0.717) is 11.3 Å². The molecule has 2 atom stereocenters. The highest BCUT2D eigenvalue weighted by Crippen LogP contribution is 2.27. The topological polar surface area (TPSA) is 9.23 Å². The van der Waals surface area contributed by atoms with Crippen LogP contribution >= 0.6 is 11.8 Å². The SMILES string of the molecule is BC1C=COC1SC. The van der Waals surface area contributed by atoms with Crippen LogP contribution in [0, 0.1) is 0 Å². The van der Waals surface area contributed by atoms with Crippen molar-refractivity contribution < 1.29 is 4.74 Å². The van der Waals surface area contributed by atoms with Gasteiger partial charge >= 0.3 is 0 Å². The number of rotatable bonds is 1. The lowest BCUT2D eigenvalue weighted by atomic mass is 9.89. The molecule has 1 rings (SSSR count). The monoisotopic (exact) mass is 128 g/mol. The Kier molecular flexibility index (Phi) is 1.89. The lowest BCUT2D eigenvalue weighted by molar-refractivity contribution is 0.251. The maximum absolute atomic E-state index is 5.20. The third-order valence-electron chi connectivity index (χ3n) is 1.26. The second-order valence-electron chi connectivity index (χ2n) is 1.93. The molecule has 0 aromatic carbocycles. The summed E-state index contributed by atoms with van der Waals surface area (Å²) < 4.78 is 5.20. The molecule has 0 saturated heterocycles. The molecule has 0 spiro atoms. The molecule has 0 aromatic heterocycles. The third kappa shape index (κ3) is 1.02. The Morgan fingerprint density at radius 1 is 1.75 bits per heavy atom. The van der Waals surface area contributed by atoms with Crippen molar-refractivity contribution >= 4 is 19.6 Å². The van der Waals surface area contributed by atoms with Gasteiger partial charge in [0, 0.05) is 0 Å². The van der Waals surface area contributed by atoms with Gasteiger partial charge in [-0.15, -0.1) is 11.8 Å². The predicted octanol–water partition coefficient (Wildman–Crippen LogP) is 0.641. The zero-order valence-electron chi connectivity index (χ0n) is 5.13. The summed E-state index contributed by atoms with van der Waals surface area (Å²) in [5.74, 6) is 0.588. The highest BCUT2D eigenvalue weighted by atomic mass is 32.2. The van der Waals surface area contributed by atoms with Gasteiger partial charge in [-0.3, -0.25) is 0 Å². The maximum Gasteiger partial charge on any atom is 0.142 e. The van der Waals surface area contributed by atoms with Crippen molar-refractivity contribution in [3.63, 3.8) is 0 Å². The summed E-state index contributed by atoms with van der Waals surface area (Å²) in [6.07, 6.45) is 5.93. The summed E-state index contributed by atoms with van der Waals surface area (Å²) in [7, 11) is 2.16. The first kappa shape index (κ1) is 6.08. The molecule has 8 heavy (non-hydrogen) atoms. The van der Waals surface area contributed by atoms with Crippen LogP contribution in [0.3, 0.4) is 0 Å². The molecule has 0 bridgehead atoms. The summed E-state index contributed by atoms with van der Waals surface area (Å²) in [6.45, 7) is 0. The van der Waals surface area contributed by atoms with Crippen LogP contribution in [-0.4, -0.2) is 19.5 Å². The van der Waals surface area contributed by atoms with Gasteiger partial charge in [0.05, 0.1) is 6.26 Å². The molecule has 44 valence electrons. The van der Waals surface area contributed by atoms with Crippen LogP contribution in [0.1, 0.15) is 0 Å². The lowest BCUT2D eigenvalue weighted by Crippen LogP contribution is -2.05. The van der Waals surface area contributed by atoms with Gasteiger partial charge in [-0.05, 0) is 12.1 Å². The molecule has 0 fully saturated rings. The highest BCUT2D eigenvalue weighted by Gasteiger charge is 2.17. The van der Waals surface area contributed by atoms with Gasteiger partial charge < -0.3 is 4.74 Å². The van der Waals surface area contributed by atoms with E-state index in [-0.39, 0.29) is 0 Å². The van der Waals surface area contributed by atoms with E-state index in [1.165, 1.54) is 0 Å². The zero-order valence-corrected chi connectivity index (χ0v) is 5.94. The van der Waals surface area contributed by atoms with Gasteiger partial charge in [0.1, 0.15) is 13.3 Å². The largest absolute Gasteiger partial charge is 0.488 e. The number of thioether (sulfide) groups is 1. The van der Waals surface area contributed by atoms with E-state index in [0.717, 1.165) is 0 Å². The van der Waals surface area contributed by atoms with Crippen molar-refractivity contribution in [1.29, 1.82) is 0 Å². The highest BCUT2D eigenvalue weighted by molar-refractivity contribution is 7.99. The molecule has 1 heterocycles. The Balaban J connectivity index is 2.38. The molecule has 0 aliphatic carbocycles. The van der Waals surface area contributed by atoms with Crippen molar-refractivity contribution in [3.8, 4) is 0 Å². The Bertz CT molecular complexity index is 105. The second kappa shape index (κ2) is 2.49. The van der Waals surface area contributed by atoms with Gasteiger partial charge in [0.25, 0.3) is 0 Å². The molecule has 0 saturated carbocycles. The Morgan fingerprint density at radius 2 is 2.50 bits per heavy atom. The first-order chi connectivity index (χ1) is 3.84. The van der Waals surface area contributed by atoms with E-state index in [1.807, 2.05) is 0 Å². The third-order valence-corrected chi connectivity index (χ3v) is 2.26. The van der Waals surface area contributed by atoms with E-state index < -0.39 is 0 Å². The fourth-order valence-electron chi connectivity index (χ4n) is 0.732. The quantitative estimate of drug-likeness (QED) is 0.479. The fourth-order valence-corrected chi connectivity index (χ4v) is 1.43. The van der Waals surface area contributed by atoms with Crippen LogP contribution in [0.5, 0.6) is 0 Å². The summed E-state index contributed by atoms with van der Waals surface area (Å²) >= 11 is 1.76. The minimum absolute atomic E-state index is 0.370. The molecule has 2 unspecified atom stereocenters. The molecule has 0 amide bonds. The molecular weight excluding hydrogens is 119 g/mol. The molecular formula is C5H9BOS. The smallest absolute Gasteiger partial charge is 0.142 e. The first-order valence-corrected chi connectivity index (χ1v) is 3.98. The van der Waals surface area contributed by atoms with Gasteiger partial charge in [-0.2, -0.15) is 0 Å². The van der Waals surface area contributed by atoms with E-state index in [9.17, 15) is 0 Å². The number of ether oxygens (including phenoxy) is 1. The van der Waals surface area contributed by atoms with Crippen molar-refractivity contribution in [3.05, 3.63) is 12.3 Å². The van der Waals surface area contributed by atoms with Crippen LogP contribution in [0.15, 0.2) is 12.3 Å². The minimum atomic E-state index is 0.370. The van der Waals surface area contributed by atoms with Gasteiger partial charge in [-0.1, -0.05) is 6.08 Å². The van der Waals surface area contributed by atoms with Gasteiger partial charge in [0.15, 0.2) is 0 Å². The van der Waals surface area contributed by atoms with Crippen molar-refractivity contribution in [2.24, 2.45) is 0 Å². The van der Waals surface area contributed by atoms with Crippen LogP contribution < -0.4 is 0 Å². The normalized spacial score (nSPS) is 35.1. The number of hydrogen-bond donors (Lipinski definition) is 0. The Hall–Kier alpha value is -0.0451. The van der Waals surface area contributed by atoms with E-state index in [4.69, 9.17) is 4.74 Å². The van der Waals surface area contributed by atoms with E-state index in [1.54, 1.807) is 18.0 Å². The Morgan fingerprint density at radius 3 is 2.75 bits per heavy atom. The van der Waals surface area contributed by atoms with E-state index >= 15 is 0 Å². The average Bonchev–Trinajstić information content (AvgIpc) is 2.14. The van der Waals surface area contributed by atoms with Gasteiger partial charge in [-0.25, -0.2) is 0 Å². The Labute approximate surface area is 54.9 Å². The van der Waals surface area contributed by atoms with Crippen molar-refractivity contribution in [1.82, 2.24) is 0 Å². The molecule has 0 radical (unpaired) electrons. The lowest BCUT2D eigenvalue weighted by Gasteiger charge is -2.10. The summed E-state index contributed by atoms with van der Waals surface area (Å²) in [5.41, 5.74) is 0.370. The standard InChI is InChI=1S/C5H9BOS/c1-8-5-4(6)2-3-7-5/h2-5H,6H2,1H3.